The Morgan fingerprint density at radius 2 is 1.88 bits per heavy atom. The summed E-state index contributed by atoms with van der Waals surface area (Å²) in [5.74, 6) is 0.300. The predicted molar refractivity (Wildman–Crippen MR) is 130 cm³/mol. The Balaban J connectivity index is 1.55. The highest BCUT2D eigenvalue weighted by atomic mass is 79.9. The lowest BCUT2D eigenvalue weighted by Crippen LogP contribution is -2.06. The van der Waals surface area contributed by atoms with Gasteiger partial charge in [0.2, 0.25) is 5.90 Å². The van der Waals surface area contributed by atoms with E-state index in [1.165, 1.54) is 31.4 Å². The molecule has 0 saturated heterocycles. The minimum absolute atomic E-state index is 0.0241. The van der Waals surface area contributed by atoms with E-state index in [-0.39, 0.29) is 27.9 Å². The molecule has 4 rings (SSSR count). The van der Waals surface area contributed by atoms with Gasteiger partial charge in [0.15, 0.2) is 17.2 Å². The van der Waals surface area contributed by atoms with Crippen LogP contribution in [0.3, 0.4) is 0 Å². The molecule has 0 amide bonds. The van der Waals surface area contributed by atoms with E-state index in [9.17, 15) is 14.9 Å². The molecule has 1 aliphatic heterocycles. The highest BCUT2D eigenvalue weighted by molar-refractivity contribution is 9.10. The number of carbonyl (C=O) groups excluding carboxylic acids is 1. The van der Waals surface area contributed by atoms with Gasteiger partial charge in [-0.05, 0) is 53.6 Å². The maximum atomic E-state index is 12.3. The predicted octanol–water partition coefficient (Wildman–Crippen LogP) is 5.94. The van der Waals surface area contributed by atoms with Gasteiger partial charge in [-0.25, -0.2) is 9.79 Å². The van der Waals surface area contributed by atoms with Crippen molar-refractivity contribution in [1.29, 1.82) is 0 Å². The lowest BCUT2D eigenvalue weighted by molar-refractivity contribution is -0.384. The summed E-state index contributed by atoms with van der Waals surface area (Å²) in [4.78, 5) is 27.0. The Kier molecular flexibility index (Phi) is 6.95. The van der Waals surface area contributed by atoms with Gasteiger partial charge in [-0.2, -0.15) is 0 Å². The lowest BCUT2D eigenvalue weighted by Gasteiger charge is -2.11. The number of benzene rings is 3. The van der Waals surface area contributed by atoms with Gasteiger partial charge in [0.1, 0.15) is 11.6 Å². The molecule has 0 spiro atoms. The van der Waals surface area contributed by atoms with Crippen LogP contribution in [0.15, 0.2) is 75.8 Å². The van der Waals surface area contributed by atoms with Crippen LogP contribution in [0.4, 0.5) is 5.69 Å². The number of esters is 1. The number of carbonyl (C=O) groups is 1. The zero-order valence-electron chi connectivity index (χ0n) is 17.7. The topological polar surface area (TPSA) is 100 Å². The highest BCUT2D eigenvalue weighted by Gasteiger charge is 2.26. The number of hydrogen-bond acceptors (Lipinski definition) is 7. The van der Waals surface area contributed by atoms with E-state index in [1.54, 1.807) is 18.2 Å². The fourth-order valence-electron chi connectivity index (χ4n) is 3.11. The van der Waals surface area contributed by atoms with Crippen LogP contribution >= 0.6 is 27.5 Å². The number of halogens is 2. The van der Waals surface area contributed by atoms with Gasteiger partial charge in [0.05, 0.1) is 12.0 Å². The molecular weight excluding hydrogens is 528 g/mol. The zero-order chi connectivity index (χ0) is 24.2. The largest absolute Gasteiger partial charge is 0.493 e. The van der Waals surface area contributed by atoms with Gasteiger partial charge >= 0.3 is 5.97 Å². The van der Waals surface area contributed by atoms with Crippen molar-refractivity contribution in [3.8, 4) is 11.5 Å². The van der Waals surface area contributed by atoms with E-state index in [0.29, 0.717) is 23.7 Å². The molecule has 0 atom stereocenters. The molecule has 0 fully saturated rings. The molecular formula is C24H16BrClN2O6. The van der Waals surface area contributed by atoms with Crippen LogP contribution in [-0.4, -0.2) is 23.9 Å². The van der Waals surface area contributed by atoms with Crippen molar-refractivity contribution in [3.05, 3.63) is 103 Å². The first-order chi connectivity index (χ1) is 16.3. The molecule has 0 aliphatic carbocycles. The summed E-state index contributed by atoms with van der Waals surface area (Å²) in [5.41, 5.74) is 1.63. The Morgan fingerprint density at radius 1 is 1.12 bits per heavy atom. The third-order valence-electron chi connectivity index (χ3n) is 4.81. The quantitative estimate of drug-likeness (QED) is 0.158. The van der Waals surface area contributed by atoms with Gasteiger partial charge in [-0.15, -0.1) is 0 Å². The summed E-state index contributed by atoms with van der Waals surface area (Å²) >= 11 is 9.24. The molecule has 0 saturated carbocycles. The van der Waals surface area contributed by atoms with E-state index < -0.39 is 10.9 Å². The van der Waals surface area contributed by atoms with Gasteiger partial charge in [0.25, 0.3) is 5.69 Å². The second-order valence-corrected chi connectivity index (χ2v) is 8.41. The van der Waals surface area contributed by atoms with Crippen molar-refractivity contribution >= 4 is 51.2 Å². The minimum Gasteiger partial charge on any atom is -0.493 e. The average Bonchev–Trinajstić information content (AvgIpc) is 3.19. The van der Waals surface area contributed by atoms with Crippen LogP contribution < -0.4 is 9.47 Å². The number of nitro groups is 1. The van der Waals surface area contributed by atoms with Crippen LogP contribution in [0.1, 0.15) is 16.7 Å². The molecule has 34 heavy (non-hydrogen) atoms. The molecule has 3 aromatic rings. The van der Waals surface area contributed by atoms with Gasteiger partial charge in [0, 0.05) is 16.1 Å². The molecule has 8 nitrogen and oxygen atoms in total. The normalized spacial score (nSPS) is 14.0. The molecule has 1 heterocycles. The molecule has 1 aliphatic rings. The van der Waals surface area contributed by atoms with E-state index in [4.69, 9.17) is 25.8 Å². The summed E-state index contributed by atoms with van der Waals surface area (Å²) in [6.45, 7) is 0.358. The van der Waals surface area contributed by atoms with E-state index in [2.05, 4.69) is 20.9 Å². The Morgan fingerprint density at radius 3 is 2.59 bits per heavy atom. The number of hydrogen-bond donors (Lipinski definition) is 0. The number of nitro benzene ring substituents is 1. The minimum atomic E-state index is -0.679. The standard InChI is InChI=1S/C24H16BrClN2O6/c1-32-22-11-15(4-9-21(22)33-13-14-2-6-17(25)7-3-14)10-19-24(29)34-23(27-19)16-5-8-18(26)20(12-16)28(30)31/h2-12H,13H2,1H3/b19-10-. The van der Waals surface area contributed by atoms with Crippen molar-refractivity contribution in [3.63, 3.8) is 0 Å². The number of ether oxygens (including phenoxy) is 3. The summed E-state index contributed by atoms with van der Waals surface area (Å²) in [5, 5.41) is 11.1. The SMILES string of the molecule is COc1cc(/C=C2\N=C(c3ccc(Cl)c([N+](=O)[O-])c3)OC2=O)ccc1OCc1ccc(Br)cc1. The van der Waals surface area contributed by atoms with Gasteiger partial charge < -0.3 is 14.2 Å². The molecule has 0 aromatic heterocycles. The number of methoxy groups -OCH3 is 1. The Labute approximate surface area is 207 Å². The number of cyclic esters (lactones) is 1. The molecule has 10 heteroatoms. The first-order valence-corrected chi connectivity index (χ1v) is 11.0. The molecule has 172 valence electrons. The molecule has 0 radical (unpaired) electrons. The summed E-state index contributed by atoms with van der Waals surface area (Å²) < 4.78 is 17.5. The molecule has 0 N–H and O–H groups in total. The van der Waals surface area contributed by atoms with Crippen molar-refractivity contribution in [1.82, 2.24) is 0 Å². The van der Waals surface area contributed by atoms with E-state index in [1.807, 2.05) is 24.3 Å². The maximum Gasteiger partial charge on any atom is 0.363 e. The fraction of sp³-hybridized carbons (Fsp3) is 0.0833. The average molecular weight is 544 g/mol. The third-order valence-corrected chi connectivity index (χ3v) is 5.66. The van der Waals surface area contributed by atoms with Crippen molar-refractivity contribution in [2.24, 2.45) is 4.99 Å². The van der Waals surface area contributed by atoms with Gasteiger partial charge in [-0.3, -0.25) is 10.1 Å². The first kappa shape index (κ1) is 23.5. The Bertz CT molecular complexity index is 1340. The Hall–Kier alpha value is -3.69. The van der Waals surface area contributed by atoms with E-state index in [0.717, 1.165) is 10.0 Å². The van der Waals surface area contributed by atoms with Crippen molar-refractivity contribution < 1.29 is 23.9 Å². The van der Waals surface area contributed by atoms with E-state index >= 15 is 0 Å². The van der Waals surface area contributed by atoms with Crippen molar-refractivity contribution in [2.75, 3.05) is 7.11 Å². The third kappa shape index (κ3) is 5.27. The summed E-state index contributed by atoms with van der Waals surface area (Å²) in [6.07, 6.45) is 1.53. The smallest absolute Gasteiger partial charge is 0.363 e. The number of rotatable bonds is 7. The zero-order valence-corrected chi connectivity index (χ0v) is 20.0. The highest BCUT2D eigenvalue weighted by Crippen LogP contribution is 2.31. The van der Waals surface area contributed by atoms with Crippen LogP contribution in [0.5, 0.6) is 11.5 Å². The monoisotopic (exact) mass is 542 g/mol. The maximum absolute atomic E-state index is 12.3. The van der Waals surface area contributed by atoms with Gasteiger partial charge in [-0.1, -0.05) is 45.7 Å². The summed E-state index contributed by atoms with van der Waals surface area (Å²) in [7, 11) is 1.52. The van der Waals surface area contributed by atoms with Crippen LogP contribution in [-0.2, 0) is 16.1 Å². The second kappa shape index (κ2) is 10.1. The van der Waals surface area contributed by atoms with Crippen LogP contribution in [0.2, 0.25) is 5.02 Å². The number of aliphatic imine (C=N–C) groups is 1. The molecule has 3 aromatic carbocycles. The fourth-order valence-corrected chi connectivity index (χ4v) is 3.56. The molecule has 0 unspecified atom stereocenters. The van der Waals surface area contributed by atoms with Crippen molar-refractivity contribution in [2.45, 2.75) is 6.61 Å². The second-order valence-electron chi connectivity index (χ2n) is 7.08. The number of nitrogens with zero attached hydrogens (tertiary/aromatic N) is 2. The van der Waals surface area contributed by atoms with Crippen LogP contribution in [0, 0.1) is 10.1 Å². The lowest BCUT2D eigenvalue weighted by atomic mass is 10.1. The molecule has 0 bridgehead atoms. The van der Waals surface area contributed by atoms with Crippen LogP contribution in [0.25, 0.3) is 6.08 Å². The first-order valence-electron chi connectivity index (χ1n) is 9.86. The summed E-state index contributed by atoms with van der Waals surface area (Å²) in [6, 6.07) is 17.0.